The molecule has 0 bridgehead atoms. The van der Waals surface area contributed by atoms with E-state index in [2.05, 4.69) is 15.7 Å². The minimum atomic E-state index is -0.254. The Bertz CT molecular complexity index is 619. The highest BCUT2D eigenvalue weighted by Gasteiger charge is 2.14. The molecule has 0 fully saturated rings. The van der Waals surface area contributed by atoms with Gasteiger partial charge in [0.1, 0.15) is 5.75 Å². The molecule has 112 valence electrons. The third kappa shape index (κ3) is 3.53. The Labute approximate surface area is 124 Å². The minimum Gasteiger partial charge on any atom is -0.497 e. The van der Waals surface area contributed by atoms with Crippen LogP contribution in [0, 0.1) is 6.92 Å². The van der Waals surface area contributed by atoms with E-state index in [0.717, 1.165) is 17.0 Å². The number of hydrogen-bond donors (Lipinski definition) is 2. The molecule has 6 nitrogen and oxygen atoms in total. The molecule has 1 heterocycles. The zero-order chi connectivity index (χ0) is 15.4. The molecular weight excluding hydrogens is 268 g/mol. The van der Waals surface area contributed by atoms with Crippen molar-refractivity contribution in [2.75, 3.05) is 12.4 Å². The Hall–Kier alpha value is -2.50. The van der Waals surface area contributed by atoms with Crippen LogP contribution in [0.3, 0.4) is 0 Å². The van der Waals surface area contributed by atoms with Crippen molar-refractivity contribution in [3.05, 3.63) is 41.7 Å². The lowest BCUT2D eigenvalue weighted by molar-refractivity contribution is 0.249. The van der Waals surface area contributed by atoms with E-state index < -0.39 is 0 Å². The summed E-state index contributed by atoms with van der Waals surface area (Å²) in [5.74, 6) is 0.750. The quantitative estimate of drug-likeness (QED) is 0.908. The lowest BCUT2D eigenvalue weighted by Crippen LogP contribution is -2.31. The zero-order valence-corrected chi connectivity index (χ0v) is 12.7. The van der Waals surface area contributed by atoms with Crippen LogP contribution in [0.2, 0.25) is 0 Å². The first kappa shape index (κ1) is 14.9. The van der Waals surface area contributed by atoms with Crippen LogP contribution in [-0.4, -0.2) is 22.9 Å². The Morgan fingerprint density at radius 2 is 2.00 bits per heavy atom. The SMILES string of the molecule is COc1ccc(NC(=O)N[C@H](C)c2cnn(C)c2C)cc1. The summed E-state index contributed by atoms with van der Waals surface area (Å²) in [6.07, 6.45) is 1.77. The van der Waals surface area contributed by atoms with E-state index in [1.54, 1.807) is 42.3 Å². The van der Waals surface area contributed by atoms with Crippen LogP contribution in [0.15, 0.2) is 30.5 Å². The smallest absolute Gasteiger partial charge is 0.319 e. The highest BCUT2D eigenvalue weighted by atomic mass is 16.5. The van der Waals surface area contributed by atoms with Crippen LogP contribution in [0.5, 0.6) is 5.75 Å². The molecule has 0 spiro atoms. The van der Waals surface area contributed by atoms with Crippen molar-refractivity contribution in [1.29, 1.82) is 0 Å². The molecule has 0 aliphatic heterocycles. The van der Waals surface area contributed by atoms with E-state index in [1.165, 1.54) is 0 Å². The van der Waals surface area contributed by atoms with Gasteiger partial charge in [-0.05, 0) is 38.1 Å². The topological polar surface area (TPSA) is 68.2 Å². The molecule has 2 rings (SSSR count). The third-order valence-electron chi connectivity index (χ3n) is 3.44. The van der Waals surface area contributed by atoms with Crippen LogP contribution in [0.1, 0.15) is 24.2 Å². The number of aromatic nitrogens is 2. The van der Waals surface area contributed by atoms with Gasteiger partial charge >= 0.3 is 6.03 Å². The van der Waals surface area contributed by atoms with Crippen molar-refractivity contribution in [2.45, 2.75) is 19.9 Å². The molecular formula is C15H20N4O2. The third-order valence-corrected chi connectivity index (χ3v) is 3.44. The fourth-order valence-electron chi connectivity index (χ4n) is 2.06. The van der Waals surface area contributed by atoms with Gasteiger partial charge < -0.3 is 15.4 Å². The minimum absolute atomic E-state index is 0.114. The lowest BCUT2D eigenvalue weighted by Gasteiger charge is -2.14. The molecule has 0 radical (unpaired) electrons. The number of carbonyl (C=O) groups excluding carboxylic acids is 1. The van der Waals surface area contributed by atoms with Crippen molar-refractivity contribution >= 4 is 11.7 Å². The van der Waals surface area contributed by atoms with Gasteiger partial charge in [0.2, 0.25) is 0 Å². The van der Waals surface area contributed by atoms with Crippen molar-refractivity contribution in [3.8, 4) is 5.75 Å². The van der Waals surface area contributed by atoms with Crippen LogP contribution in [0.25, 0.3) is 0 Å². The van der Waals surface area contributed by atoms with Crippen LogP contribution in [0.4, 0.5) is 10.5 Å². The predicted octanol–water partition coefficient (Wildman–Crippen LogP) is 2.62. The second-order valence-electron chi connectivity index (χ2n) is 4.86. The zero-order valence-electron chi connectivity index (χ0n) is 12.7. The molecule has 6 heteroatoms. The highest BCUT2D eigenvalue weighted by molar-refractivity contribution is 5.89. The number of ether oxygens (including phenoxy) is 1. The maximum absolute atomic E-state index is 12.0. The molecule has 2 N–H and O–H groups in total. The van der Waals surface area contributed by atoms with E-state index in [1.807, 2.05) is 20.9 Å². The van der Waals surface area contributed by atoms with Crippen molar-refractivity contribution in [3.63, 3.8) is 0 Å². The van der Waals surface area contributed by atoms with Gasteiger partial charge in [0.25, 0.3) is 0 Å². The number of carbonyl (C=O) groups is 1. The molecule has 21 heavy (non-hydrogen) atoms. The summed E-state index contributed by atoms with van der Waals surface area (Å²) < 4.78 is 6.86. The molecule has 0 aliphatic carbocycles. The number of amides is 2. The average Bonchev–Trinajstić information content (AvgIpc) is 2.79. The lowest BCUT2D eigenvalue weighted by atomic mass is 10.1. The first-order valence-corrected chi connectivity index (χ1v) is 6.71. The Morgan fingerprint density at radius 3 is 2.52 bits per heavy atom. The van der Waals surface area contributed by atoms with E-state index in [0.29, 0.717) is 5.69 Å². The number of benzene rings is 1. The Balaban J connectivity index is 1.96. The van der Waals surface area contributed by atoms with Gasteiger partial charge in [0, 0.05) is 24.0 Å². The number of nitrogens with one attached hydrogen (secondary N) is 2. The number of rotatable bonds is 4. The summed E-state index contributed by atoms with van der Waals surface area (Å²) >= 11 is 0. The van der Waals surface area contributed by atoms with E-state index in [-0.39, 0.29) is 12.1 Å². The van der Waals surface area contributed by atoms with Gasteiger partial charge in [-0.1, -0.05) is 0 Å². The monoisotopic (exact) mass is 288 g/mol. The van der Waals surface area contributed by atoms with Gasteiger partial charge in [0.05, 0.1) is 19.3 Å². The van der Waals surface area contributed by atoms with Crippen molar-refractivity contribution in [1.82, 2.24) is 15.1 Å². The molecule has 1 aromatic heterocycles. The predicted molar refractivity (Wildman–Crippen MR) is 81.5 cm³/mol. The molecule has 0 saturated heterocycles. The normalized spacial score (nSPS) is 11.8. The number of nitrogens with zero attached hydrogens (tertiary/aromatic N) is 2. The number of hydrogen-bond acceptors (Lipinski definition) is 3. The van der Waals surface area contributed by atoms with E-state index in [9.17, 15) is 4.79 Å². The van der Waals surface area contributed by atoms with Crippen molar-refractivity contribution < 1.29 is 9.53 Å². The van der Waals surface area contributed by atoms with Gasteiger partial charge in [-0.2, -0.15) is 5.10 Å². The summed E-state index contributed by atoms with van der Waals surface area (Å²) in [5.41, 5.74) is 2.75. The number of methoxy groups -OCH3 is 1. The fourth-order valence-corrected chi connectivity index (χ4v) is 2.06. The van der Waals surface area contributed by atoms with Crippen LogP contribution in [-0.2, 0) is 7.05 Å². The number of urea groups is 1. The van der Waals surface area contributed by atoms with E-state index >= 15 is 0 Å². The molecule has 0 aliphatic rings. The summed E-state index contributed by atoms with van der Waals surface area (Å²) in [4.78, 5) is 12.0. The maximum Gasteiger partial charge on any atom is 0.319 e. The van der Waals surface area contributed by atoms with Gasteiger partial charge in [-0.15, -0.1) is 0 Å². The first-order valence-electron chi connectivity index (χ1n) is 6.71. The standard InChI is InChI=1S/C15H20N4O2/c1-10(14-9-16-19(3)11(14)2)17-15(20)18-12-5-7-13(21-4)8-6-12/h5-10H,1-4H3,(H2,17,18,20)/t10-/m1/s1. The summed E-state index contributed by atoms with van der Waals surface area (Å²) in [6.45, 7) is 3.90. The van der Waals surface area contributed by atoms with Crippen molar-refractivity contribution in [2.24, 2.45) is 7.05 Å². The number of aryl methyl sites for hydroxylation is 1. The van der Waals surface area contributed by atoms with E-state index in [4.69, 9.17) is 4.74 Å². The van der Waals surface area contributed by atoms with Gasteiger partial charge in [-0.25, -0.2) is 4.79 Å². The first-order chi connectivity index (χ1) is 10.0. The second kappa shape index (κ2) is 6.30. The molecule has 2 amide bonds. The van der Waals surface area contributed by atoms with Gasteiger partial charge in [-0.3, -0.25) is 4.68 Å². The Kier molecular flexibility index (Phi) is 4.47. The second-order valence-corrected chi connectivity index (χ2v) is 4.86. The Morgan fingerprint density at radius 1 is 1.33 bits per heavy atom. The number of anilines is 1. The summed E-state index contributed by atoms with van der Waals surface area (Å²) in [5, 5.41) is 9.86. The van der Waals surface area contributed by atoms with Gasteiger partial charge in [0.15, 0.2) is 0 Å². The molecule has 0 unspecified atom stereocenters. The molecule has 1 atom stereocenters. The fraction of sp³-hybridized carbons (Fsp3) is 0.333. The average molecular weight is 288 g/mol. The largest absolute Gasteiger partial charge is 0.497 e. The van der Waals surface area contributed by atoms with Crippen LogP contribution < -0.4 is 15.4 Å². The summed E-state index contributed by atoms with van der Waals surface area (Å²) in [7, 11) is 3.48. The summed E-state index contributed by atoms with van der Waals surface area (Å²) in [6, 6.07) is 6.80. The molecule has 0 saturated carbocycles. The van der Waals surface area contributed by atoms with Crippen LogP contribution >= 0.6 is 0 Å². The molecule has 1 aromatic carbocycles. The molecule has 2 aromatic rings. The highest BCUT2D eigenvalue weighted by Crippen LogP contribution is 2.17. The maximum atomic E-state index is 12.0.